The number of rotatable bonds is 8. The minimum atomic E-state index is -0.112. The van der Waals surface area contributed by atoms with Crippen molar-refractivity contribution in [1.82, 2.24) is 15.1 Å². The van der Waals surface area contributed by atoms with Gasteiger partial charge in [0.1, 0.15) is 0 Å². The zero-order valence-electron chi connectivity index (χ0n) is 16.0. The van der Waals surface area contributed by atoms with Gasteiger partial charge in [-0.1, -0.05) is 23.7 Å². The van der Waals surface area contributed by atoms with Crippen LogP contribution in [-0.2, 0) is 14.4 Å². The van der Waals surface area contributed by atoms with Crippen LogP contribution in [0.3, 0.4) is 0 Å². The lowest BCUT2D eigenvalue weighted by atomic mass is 10.2. The van der Waals surface area contributed by atoms with E-state index < -0.39 is 0 Å². The van der Waals surface area contributed by atoms with Crippen molar-refractivity contribution in [2.45, 2.75) is 25.7 Å². The summed E-state index contributed by atoms with van der Waals surface area (Å²) < 4.78 is 0. The van der Waals surface area contributed by atoms with E-state index in [0.29, 0.717) is 56.3 Å². The van der Waals surface area contributed by atoms with Crippen molar-refractivity contribution in [2.24, 2.45) is 5.92 Å². The van der Waals surface area contributed by atoms with Gasteiger partial charge in [0.2, 0.25) is 17.7 Å². The van der Waals surface area contributed by atoms with E-state index in [4.69, 9.17) is 11.6 Å². The Labute approximate surface area is 170 Å². The molecule has 1 saturated heterocycles. The molecule has 3 rings (SSSR count). The molecule has 1 aromatic carbocycles. The standard InChI is InChI=1S/C20H27ClN4O3/c21-16-4-1-2-5-17(16)23-18(26)14-24-10-12-25(13-11-24)19(27)6-3-9-22-20(28)15-7-8-15/h1-2,4-5,15H,3,6-14H2,(H,22,28)(H,23,26). The lowest BCUT2D eigenvalue weighted by Gasteiger charge is -2.34. The van der Waals surface area contributed by atoms with Crippen LogP contribution in [0, 0.1) is 5.92 Å². The molecule has 0 bridgehead atoms. The minimum absolute atomic E-state index is 0.112. The number of nitrogens with one attached hydrogen (secondary N) is 2. The first-order valence-electron chi connectivity index (χ1n) is 9.85. The molecule has 2 N–H and O–H groups in total. The largest absolute Gasteiger partial charge is 0.356 e. The quantitative estimate of drug-likeness (QED) is 0.644. The van der Waals surface area contributed by atoms with Crippen LogP contribution in [0.15, 0.2) is 24.3 Å². The monoisotopic (exact) mass is 406 g/mol. The molecule has 0 aromatic heterocycles. The van der Waals surface area contributed by atoms with Crippen LogP contribution in [0.25, 0.3) is 0 Å². The summed E-state index contributed by atoms with van der Waals surface area (Å²) in [6.45, 7) is 3.41. The molecule has 1 aliphatic carbocycles. The lowest BCUT2D eigenvalue weighted by Crippen LogP contribution is -2.50. The van der Waals surface area contributed by atoms with Crippen LogP contribution in [0.1, 0.15) is 25.7 Å². The maximum Gasteiger partial charge on any atom is 0.238 e. The number of benzene rings is 1. The topological polar surface area (TPSA) is 81.8 Å². The molecule has 0 spiro atoms. The van der Waals surface area contributed by atoms with Crippen LogP contribution in [0.4, 0.5) is 5.69 Å². The molecule has 7 nitrogen and oxygen atoms in total. The van der Waals surface area contributed by atoms with Gasteiger partial charge in [-0.05, 0) is 31.4 Å². The van der Waals surface area contributed by atoms with Gasteiger partial charge in [-0.25, -0.2) is 0 Å². The molecule has 8 heteroatoms. The average molecular weight is 407 g/mol. The van der Waals surface area contributed by atoms with Crippen LogP contribution >= 0.6 is 11.6 Å². The molecule has 152 valence electrons. The highest BCUT2D eigenvalue weighted by Gasteiger charge is 2.29. The van der Waals surface area contributed by atoms with Crippen molar-refractivity contribution < 1.29 is 14.4 Å². The highest BCUT2D eigenvalue weighted by molar-refractivity contribution is 6.33. The van der Waals surface area contributed by atoms with Gasteiger partial charge in [0, 0.05) is 45.1 Å². The SMILES string of the molecule is O=C(CN1CCN(C(=O)CCCNC(=O)C2CC2)CC1)Nc1ccccc1Cl. The summed E-state index contributed by atoms with van der Waals surface area (Å²) in [5.74, 6) is 0.329. The number of piperazine rings is 1. The number of carbonyl (C=O) groups excluding carboxylic acids is 3. The number of nitrogens with zero attached hydrogens (tertiary/aromatic N) is 2. The Balaban J connectivity index is 1.31. The third kappa shape index (κ3) is 6.21. The first-order valence-corrected chi connectivity index (χ1v) is 10.2. The van der Waals surface area contributed by atoms with E-state index in [1.165, 1.54) is 0 Å². The fourth-order valence-electron chi connectivity index (χ4n) is 3.21. The molecule has 1 aromatic rings. The second kappa shape index (κ2) is 9.89. The number of para-hydroxylation sites is 1. The predicted molar refractivity (Wildman–Crippen MR) is 108 cm³/mol. The molecule has 0 atom stereocenters. The van der Waals surface area contributed by atoms with Crippen LogP contribution in [0.5, 0.6) is 0 Å². The molecule has 1 saturated carbocycles. The summed E-state index contributed by atoms with van der Waals surface area (Å²) in [4.78, 5) is 39.9. The van der Waals surface area contributed by atoms with Gasteiger partial charge in [0.05, 0.1) is 17.3 Å². The number of hydrogen-bond donors (Lipinski definition) is 2. The van der Waals surface area contributed by atoms with E-state index in [1.54, 1.807) is 12.1 Å². The molecule has 2 aliphatic rings. The maximum atomic E-state index is 12.3. The third-order valence-electron chi connectivity index (χ3n) is 5.05. The fourth-order valence-corrected chi connectivity index (χ4v) is 3.39. The Morgan fingerprint density at radius 2 is 1.79 bits per heavy atom. The second-order valence-electron chi connectivity index (χ2n) is 7.35. The molecule has 2 fully saturated rings. The van der Waals surface area contributed by atoms with Crippen LogP contribution in [-0.4, -0.2) is 66.8 Å². The smallest absolute Gasteiger partial charge is 0.238 e. The highest BCUT2D eigenvalue weighted by atomic mass is 35.5. The first kappa shape index (κ1) is 20.6. The predicted octanol–water partition coefficient (Wildman–Crippen LogP) is 1.73. The van der Waals surface area contributed by atoms with Gasteiger partial charge in [0.15, 0.2) is 0 Å². The molecular formula is C20H27ClN4O3. The zero-order chi connectivity index (χ0) is 19.9. The summed E-state index contributed by atoms with van der Waals surface area (Å²) in [5, 5.41) is 6.22. The van der Waals surface area contributed by atoms with Crippen molar-refractivity contribution in [3.05, 3.63) is 29.3 Å². The summed E-state index contributed by atoms with van der Waals surface area (Å²) in [6.07, 6.45) is 3.09. The van der Waals surface area contributed by atoms with Gasteiger partial charge >= 0.3 is 0 Å². The highest BCUT2D eigenvalue weighted by Crippen LogP contribution is 2.28. The Kier molecular flexibility index (Phi) is 7.28. The Hall–Kier alpha value is -2.12. The maximum absolute atomic E-state index is 12.3. The van der Waals surface area contributed by atoms with Gasteiger partial charge in [-0.2, -0.15) is 0 Å². The van der Waals surface area contributed by atoms with E-state index in [1.807, 2.05) is 21.9 Å². The number of amides is 3. The molecule has 28 heavy (non-hydrogen) atoms. The minimum Gasteiger partial charge on any atom is -0.356 e. The van der Waals surface area contributed by atoms with E-state index in [9.17, 15) is 14.4 Å². The van der Waals surface area contributed by atoms with Gasteiger partial charge < -0.3 is 15.5 Å². The van der Waals surface area contributed by atoms with Crippen LogP contribution in [0.2, 0.25) is 5.02 Å². The van der Waals surface area contributed by atoms with Crippen molar-refractivity contribution >= 4 is 35.0 Å². The Morgan fingerprint density at radius 3 is 2.46 bits per heavy atom. The van der Waals surface area contributed by atoms with Crippen molar-refractivity contribution in [3.63, 3.8) is 0 Å². The van der Waals surface area contributed by atoms with Gasteiger partial charge in [-0.3, -0.25) is 19.3 Å². The second-order valence-corrected chi connectivity index (χ2v) is 7.76. The summed E-state index contributed by atoms with van der Waals surface area (Å²) in [6, 6.07) is 7.14. The first-order chi connectivity index (χ1) is 13.5. The Bertz CT molecular complexity index is 715. The van der Waals surface area contributed by atoms with Crippen molar-refractivity contribution in [2.75, 3.05) is 44.6 Å². The summed E-state index contributed by atoms with van der Waals surface area (Å²) in [7, 11) is 0. The fraction of sp³-hybridized carbons (Fsp3) is 0.550. The molecule has 0 radical (unpaired) electrons. The third-order valence-corrected chi connectivity index (χ3v) is 5.38. The van der Waals surface area contributed by atoms with Gasteiger partial charge in [0.25, 0.3) is 0 Å². The summed E-state index contributed by atoms with van der Waals surface area (Å²) in [5.41, 5.74) is 0.608. The average Bonchev–Trinajstić information content (AvgIpc) is 3.52. The lowest BCUT2D eigenvalue weighted by molar-refractivity contribution is -0.133. The molecule has 3 amide bonds. The normalized spacial score (nSPS) is 17.2. The Morgan fingerprint density at radius 1 is 1.07 bits per heavy atom. The number of hydrogen-bond acceptors (Lipinski definition) is 4. The van der Waals surface area contributed by atoms with Crippen LogP contribution < -0.4 is 10.6 Å². The molecule has 1 aliphatic heterocycles. The van der Waals surface area contributed by atoms with Gasteiger partial charge in [-0.15, -0.1) is 0 Å². The molecular weight excluding hydrogens is 380 g/mol. The molecule has 1 heterocycles. The van der Waals surface area contributed by atoms with E-state index in [0.717, 1.165) is 12.8 Å². The number of anilines is 1. The molecule has 0 unspecified atom stereocenters. The summed E-state index contributed by atoms with van der Waals surface area (Å²) >= 11 is 6.06. The zero-order valence-corrected chi connectivity index (χ0v) is 16.7. The number of carbonyl (C=O) groups is 3. The van der Waals surface area contributed by atoms with E-state index in [2.05, 4.69) is 10.6 Å². The van der Waals surface area contributed by atoms with E-state index in [-0.39, 0.29) is 30.2 Å². The number of halogens is 1. The van der Waals surface area contributed by atoms with Crippen molar-refractivity contribution in [3.8, 4) is 0 Å². The van der Waals surface area contributed by atoms with Crippen molar-refractivity contribution in [1.29, 1.82) is 0 Å². The van der Waals surface area contributed by atoms with E-state index >= 15 is 0 Å².